The molecule has 0 aliphatic heterocycles. The second-order valence-electron chi connectivity index (χ2n) is 3.48. The summed E-state index contributed by atoms with van der Waals surface area (Å²) >= 11 is 0. The molecule has 0 spiro atoms. The second kappa shape index (κ2) is 2.44. The van der Waals surface area contributed by atoms with E-state index >= 15 is 0 Å². The van der Waals surface area contributed by atoms with Crippen molar-refractivity contribution in [1.29, 1.82) is 5.26 Å². The van der Waals surface area contributed by atoms with Crippen molar-refractivity contribution in [2.24, 2.45) is 17.8 Å². The minimum absolute atomic E-state index is 0.102. The average Bonchev–Trinajstić information content (AvgIpc) is 1.84. The van der Waals surface area contributed by atoms with E-state index in [4.69, 9.17) is 5.26 Å². The van der Waals surface area contributed by atoms with Crippen LogP contribution in [0.5, 0.6) is 0 Å². The monoisotopic (exact) mass is 159 g/mol. The van der Waals surface area contributed by atoms with E-state index in [0.717, 1.165) is 0 Å². The van der Waals surface area contributed by atoms with Gasteiger partial charge in [0.2, 0.25) is 0 Å². The van der Waals surface area contributed by atoms with E-state index in [2.05, 4.69) is 0 Å². The maximum absolute atomic E-state index is 12.6. The highest BCUT2D eigenvalue weighted by atomic mass is 19.3. The Morgan fingerprint density at radius 3 is 2.27 bits per heavy atom. The van der Waals surface area contributed by atoms with Crippen LogP contribution in [0.4, 0.5) is 8.78 Å². The maximum atomic E-state index is 12.6. The van der Waals surface area contributed by atoms with Crippen LogP contribution in [-0.2, 0) is 0 Å². The normalized spacial score (nSPS) is 34.5. The number of hydrogen-bond donors (Lipinski definition) is 0. The zero-order chi connectivity index (χ0) is 8.65. The predicted octanol–water partition coefficient (Wildman–Crippen LogP) is 2.44. The zero-order valence-electron chi connectivity index (χ0n) is 6.64. The molecule has 0 heterocycles. The van der Waals surface area contributed by atoms with Crippen molar-refractivity contribution in [3.05, 3.63) is 0 Å². The molecule has 0 amide bonds. The Bertz CT molecular complexity index is 193. The van der Waals surface area contributed by atoms with Crippen LogP contribution in [-0.4, -0.2) is 5.92 Å². The van der Waals surface area contributed by atoms with Gasteiger partial charge in [0.25, 0.3) is 5.92 Å². The molecule has 11 heavy (non-hydrogen) atoms. The minimum Gasteiger partial charge on any atom is -0.205 e. The van der Waals surface area contributed by atoms with Gasteiger partial charge in [-0.15, -0.1) is 0 Å². The Morgan fingerprint density at radius 1 is 1.55 bits per heavy atom. The van der Waals surface area contributed by atoms with Gasteiger partial charge in [0.15, 0.2) is 0 Å². The maximum Gasteiger partial charge on any atom is 0.264 e. The topological polar surface area (TPSA) is 23.8 Å². The predicted molar refractivity (Wildman–Crippen MR) is 37.0 cm³/mol. The van der Waals surface area contributed by atoms with Gasteiger partial charge in [-0.05, 0) is 11.8 Å². The van der Waals surface area contributed by atoms with Crippen LogP contribution in [0.25, 0.3) is 0 Å². The molecule has 1 aliphatic rings. The van der Waals surface area contributed by atoms with Gasteiger partial charge in [-0.3, -0.25) is 0 Å². The Morgan fingerprint density at radius 2 is 2.09 bits per heavy atom. The van der Waals surface area contributed by atoms with E-state index in [1.807, 2.05) is 13.8 Å². The summed E-state index contributed by atoms with van der Waals surface area (Å²) in [7, 11) is 0. The minimum atomic E-state index is -2.72. The Labute approximate surface area is 65.0 Å². The van der Waals surface area contributed by atoms with Crippen LogP contribution in [0.15, 0.2) is 0 Å². The molecule has 1 rings (SSSR count). The quantitative estimate of drug-likeness (QED) is 0.576. The van der Waals surface area contributed by atoms with Crippen molar-refractivity contribution in [3.8, 4) is 6.07 Å². The van der Waals surface area contributed by atoms with E-state index in [9.17, 15) is 8.78 Å². The van der Waals surface area contributed by atoms with E-state index in [1.54, 1.807) is 6.07 Å². The molecule has 3 heteroatoms. The van der Waals surface area contributed by atoms with Crippen molar-refractivity contribution in [2.45, 2.75) is 26.2 Å². The summed E-state index contributed by atoms with van der Waals surface area (Å²) in [6, 6.07) is 1.67. The van der Waals surface area contributed by atoms with Gasteiger partial charge in [0, 0.05) is 6.42 Å². The fourth-order valence-electron chi connectivity index (χ4n) is 1.52. The third kappa shape index (κ3) is 1.22. The van der Waals surface area contributed by atoms with Crippen molar-refractivity contribution >= 4 is 0 Å². The van der Waals surface area contributed by atoms with Crippen LogP contribution in [0.3, 0.4) is 0 Å². The molecule has 0 bridgehead atoms. The summed E-state index contributed by atoms with van der Waals surface area (Å²) in [5, 5.41) is 8.41. The van der Waals surface area contributed by atoms with Crippen molar-refractivity contribution in [1.82, 2.24) is 0 Å². The van der Waals surface area contributed by atoms with Gasteiger partial charge in [0.05, 0.1) is 6.07 Å². The first-order valence-corrected chi connectivity index (χ1v) is 3.76. The molecule has 1 saturated carbocycles. The smallest absolute Gasteiger partial charge is 0.205 e. The number of nitrogens with zero attached hydrogens (tertiary/aromatic N) is 1. The molecule has 2 atom stereocenters. The SMILES string of the molecule is CC(C)C1CC(F)(F)C1C#N. The Hall–Kier alpha value is -0.650. The molecule has 0 aromatic heterocycles. The molecular formula is C8H11F2N. The third-order valence-corrected chi connectivity index (χ3v) is 2.39. The molecule has 2 unspecified atom stereocenters. The Balaban J connectivity index is 2.62. The van der Waals surface area contributed by atoms with Crippen LogP contribution in [0.1, 0.15) is 20.3 Å². The standard InChI is InChI=1S/C8H11F2N/c1-5(2)6-3-8(9,10)7(6)4-11/h5-7H,3H2,1-2H3. The summed E-state index contributed by atoms with van der Waals surface area (Å²) in [6.45, 7) is 3.76. The highest BCUT2D eigenvalue weighted by Gasteiger charge is 2.57. The largest absolute Gasteiger partial charge is 0.264 e. The summed E-state index contributed by atoms with van der Waals surface area (Å²) in [5.74, 6) is -3.67. The van der Waals surface area contributed by atoms with Crippen LogP contribution in [0, 0.1) is 29.1 Å². The zero-order valence-corrected chi connectivity index (χ0v) is 6.64. The van der Waals surface area contributed by atoms with Gasteiger partial charge < -0.3 is 0 Å². The van der Waals surface area contributed by atoms with E-state index in [0.29, 0.717) is 0 Å². The number of rotatable bonds is 1. The lowest BCUT2D eigenvalue weighted by Crippen LogP contribution is -2.48. The lowest BCUT2D eigenvalue weighted by molar-refractivity contribution is -0.161. The fourth-order valence-corrected chi connectivity index (χ4v) is 1.52. The molecule has 1 aliphatic carbocycles. The molecule has 0 N–H and O–H groups in total. The third-order valence-electron chi connectivity index (χ3n) is 2.39. The van der Waals surface area contributed by atoms with Crippen LogP contribution in [0.2, 0.25) is 0 Å². The summed E-state index contributed by atoms with van der Waals surface area (Å²) in [6.07, 6.45) is -0.108. The highest BCUT2D eigenvalue weighted by molar-refractivity contribution is 5.07. The average molecular weight is 159 g/mol. The van der Waals surface area contributed by atoms with E-state index < -0.39 is 11.8 Å². The van der Waals surface area contributed by atoms with E-state index in [-0.39, 0.29) is 18.3 Å². The summed E-state index contributed by atoms with van der Waals surface area (Å²) in [5.41, 5.74) is 0. The Kier molecular flexibility index (Phi) is 1.87. The molecule has 0 radical (unpaired) electrons. The molecule has 1 nitrogen and oxygen atoms in total. The van der Waals surface area contributed by atoms with Crippen molar-refractivity contribution in [2.75, 3.05) is 0 Å². The lowest BCUT2D eigenvalue weighted by atomic mass is 9.66. The van der Waals surface area contributed by atoms with Gasteiger partial charge in [-0.1, -0.05) is 13.8 Å². The molecule has 0 aromatic rings. The molecule has 62 valence electrons. The molecule has 0 saturated heterocycles. The summed E-state index contributed by atoms with van der Waals surface area (Å²) in [4.78, 5) is 0. The van der Waals surface area contributed by atoms with Gasteiger partial charge in [-0.2, -0.15) is 5.26 Å². The van der Waals surface area contributed by atoms with Gasteiger partial charge >= 0.3 is 0 Å². The molecule has 0 aromatic carbocycles. The second-order valence-corrected chi connectivity index (χ2v) is 3.48. The van der Waals surface area contributed by atoms with Crippen molar-refractivity contribution < 1.29 is 8.78 Å². The number of alkyl halides is 2. The first-order chi connectivity index (χ1) is 4.99. The highest BCUT2D eigenvalue weighted by Crippen LogP contribution is 2.50. The molecule has 1 fully saturated rings. The number of nitriles is 1. The molecular weight excluding hydrogens is 148 g/mol. The number of halogens is 2. The fraction of sp³-hybridized carbons (Fsp3) is 0.875. The van der Waals surface area contributed by atoms with Gasteiger partial charge in [-0.25, -0.2) is 8.78 Å². The van der Waals surface area contributed by atoms with Crippen molar-refractivity contribution in [3.63, 3.8) is 0 Å². The number of hydrogen-bond acceptors (Lipinski definition) is 1. The van der Waals surface area contributed by atoms with Crippen LogP contribution < -0.4 is 0 Å². The van der Waals surface area contributed by atoms with Crippen LogP contribution >= 0.6 is 0 Å². The summed E-state index contributed by atoms with van der Waals surface area (Å²) < 4.78 is 25.2. The van der Waals surface area contributed by atoms with E-state index in [1.165, 1.54) is 0 Å². The van der Waals surface area contributed by atoms with Gasteiger partial charge in [0.1, 0.15) is 5.92 Å². The lowest BCUT2D eigenvalue weighted by Gasteiger charge is -2.42. The first kappa shape index (κ1) is 8.45. The first-order valence-electron chi connectivity index (χ1n) is 3.76.